The van der Waals surface area contributed by atoms with Gasteiger partial charge < -0.3 is 52.4 Å². The third-order valence-corrected chi connectivity index (χ3v) is 14.8. The molecule has 44 heavy (non-hydrogen) atoms. The van der Waals surface area contributed by atoms with Crippen LogP contribution in [-0.4, -0.2) is 85.5 Å². The maximum Gasteiger partial charge on any atom is 0.303 e. The molecule has 4 aliphatic carbocycles. The van der Waals surface area contributed by atoms with E-state index in [1.165, 1.54) is 110 Å². The van der Waals surface area contributed by atoms with Gasteiger partial charge in [0.25, 0.3) is 0 Å². The van der Waals surface area contributed by atoms with Gasteiger partial charge >= 0.3 is 11.9 Å². The number of piperidine rings is 2. The Kier molecular flexibility index (Phi) is 11.4. The van der Waals surface area contributed by atoms with Gasteiger partial charge in [0.1, 0.15) is 12.1 Å². The molecule has 0 amide bonds. The predicted octanol–water partition coefficient (Wildman–Crippen LogP) is 0.509. The molecule has 0 aromatic carbocycles. The molecular formula is C36H62Br2N2O4. The summed E-state index contributed by atoms with van der Waals surface area (Å²) in [5, 5.41) is 0. The van der Waals surface area contributed by atoms with Crippen LogP contribution in [0.4, 0.5) is 0 Å². The summed E-state index contributed by atoms with van der Waals surface area (Å²) in [6.07, 6.45) is 17.7. The minimum atomic E-state index is -0.0994. The number of carbonyl (C=O) groups excluding carboxylic acids is 2. The maximum atomic E-state index is 12.6. The van der Waals surface area contributed by atoms with Gasteiger partial charge in [-0.2, -0.15) is 0 Å². The summed E-state index contributed by atoms with van der Waals surface area (Å²) in [4.78, 5) is 24.9. The molecule has 0 aromatic heterocycles. The lowest BCUT2D eigenvalue weighted by Gasteiger charge is -2.66. The van der Waals surface area contributed by atoms with Crippen LogP contribution in [0.5, 0.6) is 0 Å². The number of fused-ring (bicyclic) bond motifs is 5. The predicted molar refractivity (Wildman–Crippen MR) is 165 cm³/mol. The minimum Gasteiger partial charge on any atom is -1.00 e. The van der Waals surface area contributed by atoms with Gasteiger partial charge in [-0.25, -0.2) is 0 Å². The van der Waals surface area contributed by atoms with E-state index in [0.29, 0.717) is 35.3 Å². The van der Waals surface area contributed by atoms with Gasteiger partial charge in [0, 0.05) is 32.1 Å². The van der Waals surface area contributed by atoms with Crippen molar-refractivity contribution < 1.29 is 62.0 Å². The molecule has 0 radical (unpaired) electrons. The van der Waals surface area contributed by atoms with E-state index < -0.39 is 0 Å². The zero-order chi connectivity index (χ0) is 29.9. The van der Waals surface area contributed by atoms with Crippen molar-refractivity contribution in [2.24, 2.45) is 34.5 Å². The van der Waals surface area contributed by atoms with Crippen LogP contribution in [0, 0.1) is 34.5 Å². The van der Waals surface area contributed by atoms with Gasteiger partial charge in [0.05, 0.1) is 40.3 Å². The summed E-state index contributed by atoms with van der Waals surface area (Å²) in [6.45, 7) is 13.3. The largest absolute Gasteiger partial charge is 1.00 e. The van der Waals surface area contributed by atoms with E-state index in [1.807, 2.05) is 0 Å². The molecule has 6 aliphatic rings. The standard InChI is InChI=1S/C36H62N2O4.2BrH/c1-25(39)41-33-23-27-13-14-28-29-15-16-31(37(5)19-9-7-10-20-37)34(42-26(2)40)35(29,3)18-17-30(28)36(27,4)24-32(33)38(6)21-11-8-12-22-38;;/h27-34H,7-24H2,1-6H3;2*1H/q+2;;/p-2/t27-,28-,29-,30-,31-,32-,33-,34-,35-,36-;;/m0../s1. The normalized spacial score (nSPS) is 44.2. The number of likely N-dealkylation sites (N-methyl/N-ethyl adjacent to an activating group) is 2. The quantitative estimate of drug-likeness (QED) is 0.311. The number of hydrogen-bond donors (Lipinski definition) is 0. The first-order valence-electron chi connectivity index (χ1n) is 17.9. The summed E-state index contributed by atoms with van der Waals surface area (Å²) in [5.74, 6) is 2.53. The number of ether oxygens (including phenoxy) is 2. The summed E-state index contributed by atoms with van der Waals surface area (Å²) in [5.41, 5.74) is 0.362. The first kappa shape index (κ1) is 36.7. The second-order valence-electron chi connectivity index (χ2n) is 17.0. The average molecular weight is 747 g/mol. The lowest BCUT2D eigenvalue weighted by atomic mass is 9.42. The van der Waals surface area contributed by atoms with Crippen molar-refractivity contribution in [3.8, 4) is 0 Å². The molecule has 6 fully saturated rings. The number of esters is 2. The van der Waals surface area contributed by atoms with E-state index in [1.54, 1.807) is 13.8 Å². The van der Waals surface area contributed by atoms with Gasteiger partial charge in [-0.05, 0) is 106 Å². The van der Waals surface area contributed by atoms with Crippen molar-refractivity contribution in [1.29, 1.82) is 0 Å². The van der Waals surface area contributed by atoms with Crippen molar-refractivity contribution >= 4 is 11.9 Å². The number of hydrogen-bond acceptors (Lipinski definition) is 4. The molecule has 8 heteroatoms. The van der Waals surface area contributed by atoms with E-state index >= 15 is 0 Å². The van der Waals surface area contributed by atoms with Crippen molar-refractivity contribution in [3.05, 3.63) is 0 Å². The van der Waals surface area contributed by atoms with Crippen LogP contribution in [0.3, 0.4) is 0 Å². The second-order valence-corrected chi connectivity index (χ2v) is 17.0. The number of halogens is 2. The van der Waals surface area contributed by atoms with Crippen LogP contribution >= 0.6 is 0 Å². The number of quaternary nitrogens is 2. The van der Waals surface area contributed by atoms with Gasteiger partial charge in [-0.3, -0.25) is 9.59 Å². The Hall–Kier alpha value is -0.180. The molecule has 0 bridgehead atoms. The fourth-order valence-electron chi connectivity index (χ4n) is 12.6. The highest BCUT2D eigenvalue weighted by molar-refractivity contribution is 5.66. The fourth-order valence-corrected chi connectivity index (χ4v) is 12.6. The molecule has 0 spiro atoms. The third kappa shape index (κ3) is 6.34. The molecule has 10 atom stereocenters. The average Bonchev–Trinajstić information content (AvgIpc) is 2.93. The Morgan fingerprint density at radius 2 is 1.20 bits per heavy atom. The molecule has 2 heterocycles. The van der Waals surface area contributed by atoms with E-state index in [0.717, 1.165) is 21.3 Å². The smallest absolute Gasteiger partial charge is 0.303 e. The Morgan fingerprint density at radius 3 is 1.77 bits per heavy atom. The highest BCUT2D eigenvalue weighted by Crippen LogP contribution is 2.67. The SMILES string of the molecule is CC(=O)O[C@H]1C[C@@H]2CC[C@@H]3[C@H](CC[C@@]4(C)[C@H]3CC[C@H]([N+]3(C)CCCCC3)[C@@H]4OC(C)=O)[C@@]2(C)C[C@@H]1[N+]1(C)CCCCC1.[Br-].[Br-]. The van der Waals surface area contributed by atoms with Gasteiger partial charge in [-0.1, -0.05) is 13.8 Å². The summed E-state index contributed by atoms with van der Waals surface area (Å²) in [7, 11) is 4.94. The van der Waals surface area contributed by atoms with E-state index in [2.05, 4.69) is 27.9 Å². The lowest BCUT2D eigenvalue weighted by Crippen LogP contribution is -3.00. The molecule has 254 valence electrons. The highest BCUT2D eigenvalue weighted by Gasteiger charge is 2.65. The van der Waals surface area contributed by atoms with Crippen molar-refractivity contribution in [3.63, 3.8) is 0 Å². The van der Waals surface area contributed by atoms with E-state index in [-0.39, 0.29) is 63.5 Å². The Morgan fingerprint density at radius 1 is 0.659 bits per heavy atom. The van der Waals surface area contributed by atoms with Crippen LogP contribution in [-0.2, 0) is 19.1 Å². The van der Waals surface area contributed by atoms with Gasteiger partial charge in [0.2, 0.25) is 0 Å². The Labute approximate surface area is 289 Å². The third-order valence-electron chi connectivity index (χ3n) is 14.8. The van der Waals surface area contributed by atoms with Crippen molar-refractivity contribution in [1.82, 2.24) is 0 Å². The molecule has 4 saturated carbocycles. The first-order chi connectivity index (χ1) is 19.9. The van der Waals surface area contributed by atoms with E-state index in [4.69, 9.17) is 9.47 Å². The van der Waals surface area contributed by atoms with Gasteiger partial charge in [-0.15, -0.1) is 0 Å². The van der Waals surface area contributed by atoms with Crippen LogP contribution in [0.15, 0.2) is 0 Å². The second kappa shape index (κ2) is 13.7. The molecule has 0 N–H and O–H groups in total. The number of nitrogens with zero attached hydrogens (tertiary/aromatic N) is 2. The first-order valence-corrected chi connectivity index (χ1v) is 17.9. The van der Waals surface area contributed by atoms with Crippen LogP contribution in [0.2, 0.25) is 0 Å². The number of likely N-dealkylation sites (tertiary alicyclic amines) is 2. The lowest BCUT2D eigenvalue weighted by molar-refractivity contribution is -0.943. The van der Waals surface area contributed by atoms with Crippen molar-refractivity contribution in [2.45, 2.75) is 142 Å². The molecule has 2 saturated heterocycles. The molecule has 2 aliphatic heterocycles. The summed E-state index contributed by atoms with van der Waals surface area (Å²) < 4.78 is 14.8. The Bertz CT molecular complexity index is 1030. The molecule has 6 rings (SSSR count). The zero-order valence-corrected chi connectivity index (χ0v) is 31.8. The Balaban J connectivity index is 0.00000221. The molecule has 0 unspecified atom stereocenters. The van der Waals surface area contributed by atoms with Crippen molar-refractivity contribution in [2.75, 3.05) is 40.3 Å². The molecule has 0 aromatic rings. The summed E-state index contributed by atoms with van der Waals surface area (Å²) in [6, 6.07) is 0.849. The van der Waals surface area contributed by atoms with Crippen LogP contribution in [0.25, 0.3) is 0 Å². The molecule has 6 nitrogen and oxygen atoms in total. The zero-order valence-electron chi connectivity index (χ0n) is 28.6. The summed E-state index contributed by atoms with van der Waals surface area (Å²) >= 11 is 0. The van der Waals surface area contributed by atoms with Crippen LogP contribution in [0.1, 0.15) is 118 Å². The highest BCUT2D eigenvalue weighted by atomic mass is 79.9. The van der Waals surface area contributed by atoms with Crippen LogP contribution < -0.4 is 34.0 Å². The van der Waals surface area contributed by atoms with Gasteiger partial charge in [0.15, 0.2) is 12.2 Å². The number of rotatable bonds is 4. The topological polar surface area (TPSA) is 52.6 Å². The number of carbonyl (C=O) groups is 2. The minimum absolute atomic E-state index is 0. The molecular weight excluding hydrogens is 684 g/mol. The maximum absolute atomic E-state index is 12.6. The fraction of sp³-hybridized carbons (Fsp3) is 0.944. The monoisotopic (exact) mass is 744 g/mol. The van der Waals surface area contributed by atoms with E-state index in [9.17, 15) is 9.59 Å².